The molecule has 0 saturated heterocycles. The number of rotatable bonds is 4. The number of hydrogen-bond acceptors (Lipinski definition) is 4. The number of hydrazone groups is 1. The van der Waals surface area contributed by atoms with Crippen LogP contribution in [0.3, 0.4) is 0 Å². The average Bonchev–Trinajstić information content (AvgIpc) is 2.71. The molecule has 3 aromatic carbocycles. The third-order valence-electron chi connectivity index (χ3n) is 4.04. The minimum Gasteiger partial charge on any atom is -0.261 e. The van der Waals surface area contributed by atoms with Crippen molar-refractivity contribution in [1.82, 2.24) is 9.97 Å². The second-order valence-corrected chi connectivity index (χ2v) is 6.78. The highest BCUT2D eigenvalue weighted by Crippen LogP contribution is 2.29. The zero-order valence-electron chi connectivity index (χ0n) is 14.4. The molecular formula is C21H13Cl2FN4. The van der Waals surface area contributed by atoms with Gasteiger partial charge in [0.1, 0.15) is 5.82 Å². The first-order valence-corrected chi connectivity index (χ1v) is 9.12. The molecule has 0 saturated carbocycles. The highest BCUT2D eigenvalue weighted by molar-refractivity contribution is 6.42. The zero-order valence-corrected chi connectivity index (χ0v) is 15.9. The van der Waals surface area contributed by atoms with Gasteiger partial charge in [-0.3, -0.25) is 5.43 Å². The molecule has 1 aromatic heterocycles. The fraction of sp³-hybridized carbons (Fsp3) is 0. The SMILES string of the molecule is Fc1ccc(/C=N\Nc2nc(-c3ccc(Cl)c(Cl)c3)nc3ccccc23)cc1. The lowest BCUT2D eigenvalue weighted by atomic mass is 10.2. The lowest BCUT2D eigenvalue weighted by molar-refractivity contribution is 0.628. The van der Waals surface area contributed by atoms with E-state index in [1.54, 1.807) is 30.5 Å². The molecule has 0 aliphatic rings. The monoisotopic (exact) mass is 410 g/mol. The largest absolute Gasteiger partial charge is 0.261 e. The first kappa shape index (κ1) is 18.3. The number of halogens is 3. The normalized spacial score (nSPS) is 11.2. The van der Waals surface area contributed by atoms with Gasteiger partial charge in [0, 0.05) is 10.9 Å². The number of aromatic nitrogens is 2. The summed E-state index contributed by atoms with van der Waals surface area (Å²) in [6.45, 7) is 0. The Bertz CT molecular complexity index is 1180. The third-order valence-corrected chi connectivity index (χ3v) is 4.77. The van der Waals surface area contributed by atoms with Crippen LogP contribution in [0.15, 0.2) is 71.8 Å². The molecule has 4 rings (SSSR count). The van der Waals surface area contributed by atoms with Gasteiger partial charge in [0.25, 0.3) is 0 Å². The van der Waals surface area contributed by atoms with Crippen molar-refractivity contribution < 1.29 is 4.39 Å². The van der Waals surface area contributed by atoms with Crippen LogP contribution in [0.4, 0.5) is 10.2 Å². The highest BCUT2D eigenvalue weighted by Gasteiger charge is 2.10. The Balaban J connectivity index is 1.71. The average molecular weight is 411 g/mol. The predicted octanol–water partition coefficient (Wildman–Crippen LogP) is 6.19. The van der Waals surface area contributed by atoms with Crippen molar-refractivity contribution in [3.63, 3.8) is 0 Å². The van der Waals surface area contributed by atoms with Gasteiger partial charge in [-0.05, 0) is 48.0 Å². The van der Waals surface area contributed by atoms with Crippen molar-refractivity contribution in [2.75, 3.05) is 5.43 Å². The van der Waals surface area contributed by atoms with Crippen molar-refractivity contribution in [2.24, 2.45) is 5.10 Å². The van der Waals surface area contributed by atoms with Gasteiger partial charge in [0.15, 0.2) is 11.6 Å². The molecule has 0 radical (unpaired) electrons. The molecule has 1 N–H and O–H groups in total. The zero-order chi connectivity index (χ0) is 19.5. The molecule has 0 amide bonds. The molecule has 4 aromatic rings. The smallest absolute Gasteiger partial charge is 0.162 e. The lowest BCUT2D eigenvalue weighted by Crippen LogP contribution is -1.99. The van der Waals surface area contributed by atoms with Gasteiger partial charge in [-0.1, -0.05) is 47.5 Å². The summed E-state index contributed by atoms with van der Waals surface area (Å²) in [7, 11) is 0. The molecule has 0 spiro atoms. The topological polar surface area (TPSA) is 50.2 Å². The molecule has 0 bridgehead atoms. The molecule has 0 aliphatic carbocycles. The Kier molecular flexibility index (Phi) is 5.19. The number of nitrogens with zero attached hydrogens (tertiary/aromatic N) is 3. The van der Waals surface area contributed by atoms with Crippen LogP contribution in [-0.2, 0) is 0 Å². The molecule has 0 fully saturated rings. The van der Waals surface area contributed by atoms with E-state index in [-0.39, 0.29) is 5.82 Å². The van der Waals surface area contributed by atoms with Crippen LogP contribution in [0.25, 0.3) is 22.3 Å². The summed E-state index contributed by atoms with van der Waals surface area (Å²) in [5.74, 6) is 0.750. The molecule has 0 aliphatic heterocycles. The molecular weight excluding hydrogens is 398 g/mol. The van der Waals surface area contributed by atoms with Gasteiger partial charge in [0.05, 0.1) is 21.8 Å². The van der Waals surface area contributed by atoms with Crippen molar-refractivity contribution in [3.05, 3.63) is 88.2 Å². The van der Waals surface area contributed by atoms with Gasteiger partial charge >= 0.3 is 0 Å². The first-order chi connectivity index (χ1) is 13.6. The maximum absolute atomic E-state index is 13.0. The molecule has 28 heavy (non-hydrogen) atoms. The van der Waals surface area contributed by atoms with Crippen molar-refractivity contribution in [3.8, 4) is 11.4 Å². The van der Waals surface area contributed by atoms with Gasteiger partial charge in [-0.2, -0.15) is 5.10 Å². The maximum Gasteiger partial charge on any atom is 0.162 e. The standard InChI is InChI=1S/C21H13Cl2FN4/c22-17-10-7-14(11-18(17)23)20-26-19-4-2-1-3-16(19)21(27-20)28-25-12-13-5-8-15(24)9-6-13/h1-12H,(H,26,27,28)/b25-12-. The summed E-state index contributed by atoms with van der Waals surface area (Å²) in [6, 6.07) is 18.9. The van der Waals surface area contributed by atoms with E-state index in [1.807, 2.05) is 30.3 Å². The van der Waals surface area contributed by atoms with E-state index < -0.39 is 0 Å². The van der Waals surface area contributed by atoms with E-state index in [0.717, 1.165) is 22.0 Å². The minimum absolute atomic E-state index is 0.293. The number of anilines is 1. The van der Waals surface area contributed by atoms with Gasteiger partial charge < -0.3 is 0 Å². The Morgan fingerprint density at radius 3 is 2.46 bits per heavy atom. The second-order valence-electron chi connectivity index (χ2n) is 5.96. The van der Waals surface area contributed by atoms with E-state index in [4.69, 9.17) is 23.2 Å². The van der Waals surface area contributed by atoms with E-state index in [2.05, 4.69) is 20.5 Å². The minimum atomic E-state index is -0.293. The van der Waals surface area contributed by atoms with E-state index in [1.165, 1.54) is 12.1 Å². The molecule has 1 heterocycles. The Labute approximate surface area is 170 Å². The van der Waals surface area contributed by atoms with Crippen LogP contribution >= 0.6 is 23.2 Å². The summed E-state index contributed by atoms with van der Waals surface area (Å²) < 4.78 is 13.0. The number of para-hydroxylation sites is 1. The summed E-state index contributed by atoms with van der Waals surface area (Å²) in [4.78, 5) is 9.20. The summed E-state index contributed by atoms with van der Waals surface area (Å²) >= 11 is 12.1. The Hall–Kier alpha value is -3.02. The molecule has 0 unspecified atom stereocenters. The molecule has 138 valence electrons. The van der Waals surface area contributed by atoms with Crippen LogP contribution < -0.4 is 5.43 Å². The predicted molar refractivity (Wildman–Crippen MR) is 113 cm³/mol. The third kappa shape index (κ3) is 3.96. The fourth-order valence-electron chi connectivity index (χ4n) is 2.64. The summed E-state index contributed by atoms with van der Waals surface area (Å²) in [5, 5.41) is 5.94. The maximum atomic E-state index is 13.0. The Morgan fingerprint density at radius 1 is 0.893 bits per heavy atom. The van der Waals surface area contributed by atoms with Crippen LogP contribution in [0, 0.1) is 5.82 Å². The molecule has 4 nitrogen and oxygen atoms in total. The van der Waals surface area contributed by atoms with Crippen molar-refractivity contribution >= 4 is 46.1 Å². The van der Waals surface area contributed by atoms with Crippen molar-refractivity contribution in [1.29, 1.82) is 0 Å². The van der Waals surface area contributed by atoms with Gasteiger partial charge in [0.2, 0.25) is 0 Å². The quantitative estimate of drug-likeness (QED) is 0.322. The Morgan fingerprint density at radius 2 is 1.68 bits per heavy atom. The van der Waals surface area contributed by atoms with Crippen LogP contribution in [0.5, 0.6) is 0 Å². The highest BCUT2D eigenvalue weighted by atomic mass is 35.5. The molecule has 7 heteroatoms. The first-order valence-electron chi connectivity index (χ1n) is 8.37. The number of hydrogen-bond donors (Lipinski definition) is 1. The van der Waals surface area contributed by atoms with Crippen LogP contribution in [-0.4, -0.2) is 16.2 Å². The van der Waals surface area contributed by atoms with Crippen LogP contribution in [0.1, 0.15) is 5.56 Å². The van der Waals surface area contributed by atoms with E-state index in [0.29, 0.717) is 21.7 Å². The number of fused-ring (bicyclic) bond motifs is 1. The van der Waals surface area contributed by atoms with E-state index >= 15 is 0 Å². The summed E-state index contributed by atoms with van der Waals surface area (Å²) in [5.41, 5.74) is 5.22. The molecule has 0 atom stereocenters. The summed E-state index contributed by atoms with van der Waals surface area (Å²) in [6.07, 6.45) is 1.59. The second kappa shape index (κ2) is 7.92. The van der Waals surface area contributed by atoms with E-state index in [9.17, 15) is 4.39 Å². The lowest BCUT2D eigenvalue weighted by Gasteiger charge is -2.09. The van der Waals surface area contributed by atoms with Crippen LogP contribution in [0.2, 0.25) is 10.0 Å². The number of benzene rings is 3. The van der Waals surface area contributed by atoms with Crippen molar-refractivity contribution in [2.45, 2.75) is 0 Å². The van der Waals surface area contributed by atoms with Gasteiger partial charge in [-0.25, -0.2) is 14.4 Å². The fourth-order valence-corrected chi connectivity index (χ4v) is 2.94. The number of nitrogens with one attached hydrogen (secondary N) is 1. The van der Waals surface area contributed by atoms with Gasteiger partial charge in [-0.15, -0.1) is 0 Å².